The zero-order valence-electron chi connectivity index (χ0n) is 10.1. The van der Waals surface area contributed by atoms with Crippen molar-refractivity contribution in [3.05, 3.63) is 29.8 Å². The zero-order valence-corrected chi connectivity index (χ0v) is 10.1. The highest BCUT2D eigenvalue weighted by Gasteiger charge is 2.18. The fraction of sp³-hybridized carbons (Fsp3) is 0.333. The predicted molar refractivity (Wildman–Crippen MR) is 66.0 cm³/mol. The van der Waals surface area contributed by atoms with E-state index in [-0.39, 0.29) is 0 Å². The third-order valence-corrected chi connectivity index (χ3v) is 2.87. The van der Waals surface area contributed by atoms with Crippen LogP contribution < -0.4 is 5.32 Å². The normalized spacial score (nSPS) is 14.1. The molecular formula is C12H13N5O. The van der Waals surface area contributed by atoms with Crippen LogP contribution in [0, 0.1) is 0 Å². The summed E-state index contributed by atoms with van der Waals surface area (Å²) in [4.78, 5) is 17.1. The lowest BCUT2D eigenvalue weighted by Gasteiger charge is -2.19. The fourth-order valence-electron chi connectivity index (χ4n) is 1.98. The maximum Gasteiger partial charge on any atom is 0.180 e. The van der Waals surface area contributed by atoms with Crippen molar-refractivity contribution < 1.29 is 4.74 Å². The van der Waals surface area contributed by atoms with Crippen LogP contribution in [0.15, 0.2) is 18.6 Å². The van der Waals surface area contributed by atoms with Gasteiger partial charge in [0.05, 0.1) is 18.9 Å². The molecule has 0 fully saturated rings. The van der Waals surface area contributed by atoms with Crippen LogP contribution in [0.5, 0.6) is 0 Å². The number of hydrogen-bond donors (Lipinski definition) is 1. The molecule has 2 aromatic heterocycles. The molecular weight excluding hydrogens is 230 g/mol. The van der Waals surface area contributed by atoms with E-state index in [2.05, 4.69) is 25.3 Å². The SMILES string of the molecule is CNc1nc(-c2ccncn2)nc2c1COCC2. The summed E-state index contributed by atoms with van der Waals surface area (Å²) in [6.45, 7) is 1.27. The molecule has 92 valence electrons. The maximum absolute atomic E-state index is 5.44. The van der Waals surface area contributed by atoms with Crippen LogP contribution >= 0.6 is 0 Å². The molecule has 0 spiro atoms. The van der Waals surface area contributed by atoms with Crippen molar-refractivity contribution in [2.75, 3.05) is 19.0 Å². The second-order valence-corrected chi connectivity index (χ2v) is 3.97. The number of nitrogens with zero attached hydrogens (tertiary/aromatic N) is 4. The first-order chi connectivity index (χ1) is 8.88. The first-order valence-electron chi connectivity index (χ1n) is 5.80. The third-order valence-electron chi connectivity index (χ3n) is 2.87. The minimum Gasteiger partial charge on any atom is -0.376 e. The Hall–Kier alpha value is -2.08. The Morgan fingerprint density at radius 2 is 2.28 bits per heavy atom. The maximum atomic E-state index is 5.44. The van der Waals surface area contributed by atoms with Gasteiger partial charge in [-0.2, -0.15) is 0 Å². The summed E-state index contributed by atoms with van der Waals surface area (Å²) in [6, 6.07) is 1.81. The van der Waals surface area contributed by atoms with Gasteiger partial charge in [0, 0.05) is 25.2 Å². The summed E-state index contributed by atoms with van der Waals surface area (Å²) in [7, 11) is 1.85. The molecule has 6 heteroatoms. The summed E-state index contributed by atoms with van der Waals surface area (Å²) in [6.07, 6.45) is 4.00. The van der Waals surface area contributed by atoms with Gasteiger partial charge in [0.25, 0.3) is 0 Å². The zero-order chi connectivity index (χ0) is 12.4. The van der Waals surface area contributed by atoms with E-state index in [0.717, 1.165) is 29.2 Å². The molecule has 1 aliphatic heterocycles. The minimum atomic E-state index is 0.565. The number of rotatable bonds is 2. The van der Waals surface area contributed by atoms with E-state index in [1.54, 1.807) is 12.3 Å². The highest BCUT2D eigenvalue weighted by molar-refractivity contribution is 5.56. The van der Waals surface area contributed by atoms with Gasteiger partial charge in [0.15, 0.2) is 5.82 Å². The number of nitrogens with one attached hydrogen (secondary N) is 1. The molecule has 18 heavy (non-hydrogen) atoms. The van der Waals surface area contributed by atoms with Gasteiger partial charge in [0.2, 0.25) is 0 Å². The van der Waals surface area contributed by atoms with E-state index in [9.17, 15) is 0 Å². The molecule has 0 saturated heterocycles. The molecule has 0 aliphatic carbocycles. The second-order valence-electron chi connectivity index (χ2n) is 3.97. The lowest BCUT2D eigenvalue weighted by atomic mass is 10.1. The molecule has 6 nitrogen and oxygen atoms in total. The first-order valence-corrected chi connectivity index (χ1v) is 5.80. The lowest BCUT2D eigenvalue weighted by molar-refractivity contribution is 0.109. The molecule has 0 saturated carbocycles. The highest BCUT2D eigenvalue weighted by atomic mass is 16.5. The number of hydrogen-bond acceptors (Lipinski definition) is 6. The molecule has 1 aliphatic rings. The van der Waals surface area contributed by atoms with Crippen molar-refractivity contribution in [2.24, 2.45) is 0 Å². The van der Waals surface area contributed by atoms with Crippen LogP contribution in [0.2, 0.25) is 0 Å². The Kier molecular flexibility index (Phi) is 2.85. The molecule has 0 bridgehead atoms. The average Bonchev–Trinajstić information content (AvgIpc) is 2.47. The van der Waals surface area contributed by atoms with Crippen LogP contribution in [0.4, 0.5) is 5.82 Å². The van der Waals surface area contributed by atoms with E-state index in [1.807, 2.05) is 7.05 Å². The Morgan fingerprint density at radius 3 is 3.06 bits per heavy atom. The van der Waals surface area contributed by atoms with E-state index >= 15 is 0 Å². The van der Waals surface area contributed by atoms with Gasteiger partial charge in [-0.25, -0.2) is 19.9 Å². The molecule has 3 heterocycles. The molecule has 3 rings (SSSR count). The van der Waals surface area contributed by atoms with Gasteiger partial charge < -0.3 is 10.1 Å². The van der Waals surface area contributed by atoms with Gasteiger partial charge in [-0.05, 0) is 6.07 Å². The average molecular weight is 243 g/mol. The molecule has 0 radical (unpaired) electrons. The molecule has 0 atom stereocenters. The number of aromatic nitrogens is 4. The largest absolute Gasteiger partial charge is 0.376 e. The van der Waals surface area contributed by atoms with Crippen LogP contribution in [-0.4, -0.2) is 33.6 Å². The standard InChI is InChI=1S/C12H13N5O/c1-13-11-8-6-18-5-3-9(8)16-12(17-11)10-2-4-14-7-15-10/h2,4,7H,3,5-6H2,1H3,(H,13,16,17). The Balaban J connectivity index is 2.12. The van der Waals surface area contributed by atoms with E-state index in [1.165, 1.54) is 6.33 Å². The Bertz CT molecular complexity index is 541. The van der Waals surface area contributed by atoms with Crippen LogP contribution in [0.25, 0.3) is 11.5 Å². The topological polar surface area (TPSA) is 72.8 Å². The van der Waals surface area contributed by atoms with Crippen molar-refractivity contribution in [1.82, 2.24) is 19.9 Å². The van der Waals surface area contributed by atoms with Crippen LogP contribution in [0.1, 0.15) is 11.3 Å². The van der Waals surface area contributed by atoms with Crippen LogP contribution in [0.3, 0.4) is 0 Å². The second kappa shape index (κ2) is 4.66. The lowest BCUT2D eigenvalue weighted by Crippen LogP contribution is -2.16. The van der Waals surface area contributed by atoms with Crippen molar-refractivity contribution in [1.29, 1.82) is 0 Å². The van der Waals surface area contributed by atoms with E-state index in [4.69, 9.17) is 4.74 Å². The molecule has 0 amide bonds. The van der Waals surface area contributed by atoms with E-state index in [0.29, 0.717) is 19.0 Å². The molecule has 1 N–H and O–H groups in total. The number of fused-ring (bicyclic) bond motifs is 1. The van der Waals surface area contributed by atoms with Crippen molar-refractivity contribution in [3.63, 3.8) is 0 Å². The third kappa shape index (κ3) is 1.91. The van der Waals surface area contributed by atoms with Gasteiger partial charge in [0.1, 0.15) is 17.8 Å². The fourth-order valence-corrected chi connectivity index (χ4v) is 1.98. The smallest absolute Gasteiger partial charge is 0.180 e. The Morgan fingerprint density at radius 1 is 1.33 bits per heavy atom. The predicted octanol–water partition coefficient (Wildman–Crippen LogP) is 1.05. The summed E-state index contributed by atoms with van der Waals surface area (Å²) < 4.78 is 5.44. The van der Waals surface area contributed by atoms with Crippen molar-refractivity contribution >= 4 is 5.82 Å². The quantitative estimate of drug-likeness (QED) is 0.849. The van der Waals surface area contributed by atoms with E-state index < -0.39 is 0 Å². The summed E-state index contributed by atoms with van der Waals surface area (Å²) in [5, 5.41) is 3.09. The first kappa shape index (κ1) is 11.0. The summed E-state index contributed by atoms with van der Waals surface area (Å²) in [5.74, 6) is 1.44. The summed E-state index contributed by atoms with van der Waals surface area (Å²) in [5.41, 5.74) is 2.81. The molecule has 0 aromatic carbocycles. The van der Waals surface area contributed by atoms with Gasteiger partial charge in [-0.3, -0.25) is 0 Å². The number of ether oxygens (including phenoxy) is 1. The monoisotopic (exact) mass is 243 g/mol. The molecule has 0 unspecified atom stereocenters. The number of anilines is 1. The summed E-state index contributed by atoms with van der Waals surface area (Å²) >= 11 is 0. The van der Waals surface area contributed by atoms with Gasteiger partial charge in [-0.1, -0.05) is 0 Å². The van der Waals surface area contributed by atoms with Gasteiger partial charge in [-0.15, -0.1) is 0 Å². The van der Waals surface area contributed by atoms with Crippen molar-refractivity contribution in [3.8, 4) is 11.5 Å². The minimum absolute atomic E-state index is 0.565. The highest BCUT2D eigenvalue weighted by Crippen LogP contribution is 2.24. The molecule has 2 aromatic rings. The van der Waals surface area contributed by atoms with Crippen LogP contribution in [-0.2, 0) is 17.8 Å². The Labute approximate surface area is 104 Å². The van der Waals surface area contributed by atoms with Crippen molar-refractivity contribution in [2.45, 2.75) is 13.0 Å². The van der Waals surface area contributed by atoms with Gasteiger partial charge >= 0.3 is 0 Å².